The summed E-state index contributed by atoms with van der Waals surface area (Å²) in [4.78, 5) is 11.6. The number of rotatable bonds is 4. The average Bonchev–Trinajstić information content (AvgIpc) is 2.26. The van der Waals surface area contributed by atoms with Gasteiger partial charge in [-0.2, -0.15) is 0 Å². The van der Waals surface area contributed by atoms with Crippen LogP contribution in [0.25, 0.3) is 0 Å². The zero-order valence-corrected chi connectivity index (χ0v) is 8.73. The zero-order valence-electron chi connectivity index (χ0n) is 8.73. The summed E-state index contributed by atoms with van der Waals surface area (Å²) in [5, 5.41) is 12.1. The summed E-state index contributed by atoms with van der Waals surface area (Å²) < 4.78 is 0. The van der Waals surface area contributed by atoms with Gasteiger partial charge in [0.1, 0.15) is 5.75 Å². The number of aromatic hydroxyl groups is 1. The van der Waals surface area contributed by atoms with Crippen molar-refractivity contribution in [3.05, 3.63) is 29.8 Å². The van der Waals surface area contributed by atoms with Crippen LogP contribution >= 0.6 is 0 Å². The minimum Gasteiger partial charge on any atom is -0.507 e. The van der Waals surface area contributed by atoms with E-state index in [2.05, 4.69) is 5.32 Å². The Balaban J connectivity index is 2.58. The number of carbonyl (C=O) groups is 1. The molecule has 0 aliphatic heterocycles. The Labute approximate surface area is 89.1 Å². The first-order valence-electron chi connectivity index (χ1n) is 4.91. The minimum absolute atomic E-state index is 0.00426. The van der Waals surface area contributed by atoms with Crippen molar-refractivity contribution in [1.82, 2.24) is 5.32 Å². The molecule has 4 N–H and O–H groups in total. The van der Waals surface area contributed by atoms with E-state index in [-0.39, 0.29) is 17.6 Å². The maximum absolute atomic E-state index is 11.6. The number of para-hydroxylation sites is 1. The van der Waals surface area contributed by atoms with E-state index in [1.807, 2.05) is 6.92 Å². The summed E-state index contributed by atoms with van der Waals surface area (Å²) in [6.07, 6.45) is 0. The number of nitrogens with two attached hydrogens (primary N) is 1. The Morgan fingerprint density at radius 1 is 1.53 bits per heavy atom. The summed E-state index contributed by atoms with van der Waals surface area (Å²) in [6.45, 7) is 3.00. The Morgan fingerprint density at radius 3 is 2.80 bits per heavy atom. The van der Waals surface area contributed by atoms with Gasteiger partial charge in [0.25, 0.3) is 5.91 Å². The first kappa shape index (κ1) is 11.5. The van der Waals surface area contributed by atoms with Crippen molar-refractivity contribution in [2.75, 3.05) is 13.1 Å². The van der Waals surface area contributed by atoms with Gasteiger partial charge in [0.2, 0.25) is 0 Å². The van der Waals surface area contributed by atoms with Gasteiger partial charge in [0, 0.05) is 6.54 Å². The molecule has 0 aromatic heterocycles. The molecule has 0 spiro atoms. The zero-order chi connectivity index (χ0) is 11.3. The summed E-state index contributed by atoms with van der Waals surface area (Å²) in [5.74, 6) is -0.0383. The third-order valence-corrected chi connectivity index (χ3v) is 2.16. The summed E-state index contributed by atoms with van der Waals surface area (Å²) in [6, 6.07) is 6.45. The first-order valence-corrected chi connectivity index (χ1v) is 4.91. The molecule has 0 aliphatic carbocycles. The number of phenols is 1. The van der Waals surface area contributed by atoms with Crippen molar-refractivity contribution in [3.8, 4) is 5.75 Å². The van der Waals surface area contributed by atoms with Gasteiger partial charge >= 0.3 is 0 Å². The van der Waals surface area contributed by atoms with Gasteiger partial charge in [-0.15, -0.1) is 0 Å². The van der Waals surface area contributed by atoms with Crippen LogP contribution in [-0.2, 0) is 0 Å². The van der Waals surface area contributed by atoms with E-state index in [9.17, 15) is 9.90 Å². The van der Waals surface area contributed by atoms with E-state index in [1.165, 1.54) is 6.07 Å². The molecule has 1 rings (SSSR count). The highest BCUT2D eigenvalue weighted by molar-refractivity contribution is 5.96. The lowest BCUT2D eigenvalue weighted by molar-refractivity contribution is 0.0946. The van der Waals surface area contributed by atoms with E-state index in [4.69, 9.17) is 5.73 Å². The molecule has 0 saturated heterocycles. The van der Waals surface area contributed by atoms with Gasteiger partial charge in [-0.05, 0) is 24.6 Å². The van der Waals surface area contributed by atoms with E-state index in [0.29, 0.717) is 18.7 Å². The van der Waals surface area contributed by atoms with Crippen LogP contribution in [0.3, 0.4) is 0 Å². The third kappa shape index (κ3) is 3.25. The third-order valence-electron chi connectivity index (χ3n) is 2.16. The van der Waals surface area contributed by atoms with Gasteiger partial charge in [-0.25, -0.2) is 0 Å². The number of nitrogens with one attached hydrogen (secondary N) is 1. The van der Waals surface area contributed by atoms with E-state index >= 15 is 0 Å². The maximum atomic E-state index is 11.6. The first-order chi connectivity index (χ1) is 7.15. The minimum atomic E-state index is -0.270. The highest BCUT2D eigenvalue weighted by Gasteiger charge is 2.10. The van der Waals surface area contributed by atoms with Crippen molar-refractivity contribution in [2.24, 2.45) is 11.7 Å². The monoisotopic (exact) mass is 208 g/mol. The lowest BCUT2D eigenvalue weighted by atomic mass is 10.1. The van der Waals surface area contributed by atoms with Crippen LogP contribution < -0.4 is 11.1 Å². The molecule has 4 heteroatoms. The van der Waals surface area contributed by atoms with E-state index in [1.54, 1.807) is 18.2 Å². The molecule has 0 fully saturated rings. The van der Waals surface area contributed by atoms with Crippen LogP contribution in [0.4, 0.5) is 0 Å². The van der Waals surface area contributed by atoms with Crippen molar-refractivity contribution in [3.63, 3.8) is 0 Å². The number of carbonyl (C=O) groups excluding carboxylic acids is 1. The average molecular weight is 208 g/mol. The molecule has 0 bridgehead atoms. The van der Waals surface area contributed by atoms with Crippen molar-refractivity contribution < 1.29 is 9.90 Å². The second kappa shape index (κ2) is 5.36. The Morgan fingerprint density at radius 2 is 2.20 bits per heavy atom. The van der Waals surface area contributed by atoms with E-state index < -0.39 is 0 Å². The predicted molar refractivity (Wildman–Crippen MR) is 58.7 cm³/mol. The van der Waals surface area contributed by atoms with Crippen molar-refractivity contribution in [1.29, 1.82) is 0 Å². The number of hydrogen-bond donors (Lipinski definition) is 3. The van der Waals surface area contributed by atoms with Crippen LogP contribution in [0, 0.1) is 5.92 Å². The highest BCUT2D eigenvalue weighted by atomic mass is 16.3. The fourth-order valence-electron chi connectivity index (χ4n) is 1.11. The molecule has 0 heterocycles. The topological polar surface area (TPSA) is 75.3 Å². The second-order valence-corrected chi connectivity index (χ2v) is 3.57. The lowest BCUT2D eigenvalue weighted by Gasteiger charge is -2.10. The lowest BCUT2D eigenvalue weighted by Crippen LogP contribution is -2.31. The van der Waals surface area contributed by atoms with Crippen molar-refractivity contribution in [2.45, 2.75) is 6.92 Å². The van der Waals surface area contributed by atoms with Crippen LogP contribution in [0.15, 0.2) is 24.3 Å². The van der Waals surface area contributed by atoms with Crippen LogP contribution in [0.5, 0.6) is 5.75 Å². The largest absolute Gasteiger partial charge is 0.507 e. The number of hydrogen-bond acceptors (Lipinski definition) is 3. The number of amides is 1. The Bertz CT molecular complexity index is 339. The standard InChI is InChI=1S/C11H16N2O2/c1-8(6-12)7-13-11(15)9-4-2-3-5-10(9)14/h2-5,8,14H,6-7,12H2,1H3,(H,13,15). The maximum Gasteiger partial charge on any atom is 0.255 e. The number of phenolic OH excluding ortho intramolecular Hbond substituents is 1. The second-order valence-electron chi connectivity index (χ2n) is 3.57. The molecule has 4 nitrogen and oxygen atoms in total. The molecule has 1 aromatic carbocycles. The molecule has 0 radical (unpaired) electrons. The molecule has 1 atom stereocenters. The highest BCUT2D eigenvalue weighted by Crippen LogP contribution is 2.14. The molecule has 1 amide bonds. The van der Waals surface area contributed by atoms with Gasteiger partial charge in [0.05, 0.1) is 5.56 Å². The molecule has 0 aliphatic rings. The van der Waals surface area contributed by atoms with Crippen LogP contribution in [0.2, 0.25) is 0 Å². The molecule has 0 saturated carbocycles. The summed E-state index contributed by atoms with van der Waals surface area (Å²) in [5.41, 5.74) is 5.72. The van der Waals surface area contributed by atoms with Gasteiger partial charge in [0.15, 0.2) is 0 Å². The fourth-order valence-corrected chi connectivity index (χ4v) is 1.11. The normalized spacial score (nSPS) is 12.1. The molecular weight excluding hydrogens is 192 g/mol. The Kier molecular flexibility index (Phi) is 4.12. The number of benzene rings is 1. The van der Waals surface area contributed by atoms with Gasteiger partial charge < -0.3 is 16.2 Å². The van der Waals surface area contributed by atoms with Crippen molar-refractivity contribution >= 4 is 5.91 Å². The molecule has 1 aromatic rings. The molecule has 1 unspecified atom stereocenters. The van der Waals surface area contributed by atoms with E-state index in [0.717, 1.165) is 0 Å². The summed E-state index contributed by atoms with van der Waals surface area (Å²) >= 11 is 0. The quantitative estimate of drug-likeness (QED) is 0.682. The SMILES string of the molecule is CC(CN)CNC(=O)c1ccccc1O. The molecular formula is C11H16N2O2. The predicted octanol–water partition coefficient (Wildman–Crippen LogP) is 0.717. The Hall–Kier alpha value is -1.55. The molecule has 15 heavy (non-hydrogen) atoms. The summed E-state index contributed by atoms with van der Waals surface area (Å²) in [7, 11) is 0. The van der Waals surface area contributed by atoms with Crippen LogP contribution in [-0.4, -0.2) is 24.1 Å². The smallest absolute Gasteiger partial charge is 0.255 e. The van der Waals surface area contributed by atoms with Gasteiger partial charge in [-0.1, -0.05) is 19.1 Å². The van der Waals surface area contributed by atoms with Gasteiger partial charge in [-0.3, -0.25) is 4.79 Å². The molecule has 82 valence electrons. The van der Waals surface area contributed by atoms with Crippen LogP contribution in [0.1, 0.15) is 17.3 Å². The fraction of sp³-hybridized carbons (Fsp3) is 0.364.